The van der Waals surface area contributed by atoms with Crippen LogP contribution < -0.4 is 10.1 Å². The summed E-state index contributed by atoms with van der Waals surface area (Å²) in [5.74, 6) is -0.0753. The highest BCUT2D eigenvalue weighted by molar-refractivity contribution is 5.78. The Morgan fingerprint density at radius 1 is 1.35 bits per heavy atom. The molecule has 0 aromatic heterocycles. The van der Waals surface area contributed by atoms with Crippen LogP contribution in [0.3, 0.4) is 0 Å². The van der Waals surface area contributed by atoms with Crippen LogP contribution in [0.1, 0.15) is 18.4 Å². The highest BCUT2D eigenvalue weighted by Gasteiger charge is 2.41. The topological polar surface area (TPSA) is 58.6 Å². The van der Waals surface area contributed by atoms with Gasteiger partial charge >= 0.3 is 6.61 Å². The van der Waals surface area contributed by atoms with E-state index in [4.69, 9.17) is 5.11 Å². The van der Waals surface area contributed by atoms with Crippen LogP contribution in [0.4, 0.5) is 8.78 Å². The van der Waals surface area contributed by atoms with E-state index in [9.17, 15) is 13.6 Å². The summed E-state index contributed by atoms with van der Waals surface area (Å²) in [7, 11) is 0. The first kappa shape index (κ1) is 14.7. The zero-order valence-corrected chi connectivity index (χ0v) is 10.9. The molecule has 1 aliphatic carbocycles. The minimum atomic E-state index is -2.85. The number of carbonyl (C=O) groups excluding carboxylic acids is 1. The normalized spacial score (nSPS) is 16.0. The molecule has 20 heavy (non-hydrogen) atoms. The number of ether oxygens (including phenoxy) is 1. The second kappa shape index (κ2) is 6.17. The fraction of sp³-hybridized carbons (Fsp3) is 0.500. The summed E-state index contributed by atoms with van der Waals surface area (Å²) in [4.78, 5) is 11.7. The zero-order valence-electron chi connectivity index (χ0n) is 10.9. The van der Waals surface area contributed by atoms with Crippen molar-refractivity contribution >= 4 is 5.91 Å². The van der Waals surface area contributed by atoms with Gasteiger partial charge in [-0.1, -0.05) is 12.1 Å². The molecule has 0 unspecified atom stereocenters. The summed E-state index contributed by atoms with van der Waals surface area (Å²) in [5, 5.41) is 11.9. The minimum Gasteiger partial charge on any atom is -0.435 e. The number of benzene rings is 1. The van der Waals surface area contributed by atoms with Crippen LogP contribution in [0, 0.1) is 5.41 Å². The molecule has 0 radical (unpaired) electrons. The number of aliphatic hydroxyl groups excluding tert-OH is 1. The van der Waals surface area contributed by atoms with Gasteiger partial charge in [-0.05, 0) is 30.5 Å². The van der Waals surface area contributed by atoms with Gasteiger partial charge < -0.3 is 15.2 Å². The molecule has 1 fully saturated rings. The first-order valence-electron chi connectivity index (χ1n) is 6.44. The third-order valence-corrected chi connectivity index (χ3v) is 3.47. The van der Waals surface area contributed by atoms with Crippen LogP contribution in [-0.2, 0) is 11.2 Å². The Morgan fingerprint density at radius 2 is 2.00 bits per heavy atom. The molecule has 110 valence electrons. The van der Waals surface area contributed by atoms with Gasteiger partial charge in [-0.2, -0.15) is 8.78 Å². The lowest BCUT2D eigenvalue weighted by Crippen LogP contribution is -2.32. The molecule has 0 spiro atoms. The van der Waals surface area contributed by atoms with E-state index in [0.29, 0.717) is 6.54 Å². The Balaban J connectivity index is 1.79. The number of hydrogen-bond donors (Lipinski definition) is 2. The predicted octanol–water partition coefficient (Wildman–Crippen LogP) is 1.72. The minimum absolute atomic E-state index is 0.0707. The Hall–Kier alpha value is -1.69. The fourth-order valence-electron chi connectivity index (χ4n) is 1.89. The van der Waals surface area contributed by atoms with Gasteiger partial charge in [0.2, 0.25) is 5.91 Å². The van der Waals surface area contributed by atoms with Crippen LogP contribution in [0.15, 0.2) is 24.3 Å². The molecule has 0 atom stereocenters. The molecule has 1 saturated carbocycles. The largest absolute Gasteiger partial charge is 0.435 e. The van der Waals surface area contributed by atoms with Gasteiger partial charge in [0.15, 0.2) is 0 Å². The molecule has 1 aromatic carbocycles. The first-order valence-corrected chi connectivity index (χ1v) is 6.44. The number of nitrogens with one attached hydrogen (secondary N) is 1. The first-order chi connectivity index (χ1) is 9.53. The number of aliphatic hydroxyl groups is 1. The smallest absolute Gasteiger partial charge is 0.387 e. The molecule has 2 N–H and O–H groups in total. The number of alkyl halides is 2. The Bertz CT molecular complexity index is 458. The summed E-state index contributed by atoms with van der Waals surface area (Å²) in [6.45, 7) is -2.28. The van der Waals surface area contributed by atoms with E-state index in [2.05, 4.69) is 10.1 Å². The van der Waals surface area contributed by atoms with Crippen molar-refractivity contribution in [3.05, 3.63) is 29.8 Å². The van der Waals surface area contributed by atoms with Crippen LogP contribution in [0.5, 0.6) is 5.75 Å². The van der Waals surface area contributed by atoms with E-state index >= 15 is 0 Å². The molecule has 4 nitrogen and oxygen atoms in total. The summed E-state index contributed by atoms with van der Waals surface area (Å²) in [5.41, 5.74) is 0.600. The van der Waals surface area contributed by atoms with Crippen molar-refractivity contribution < 1.29 is 23.4 Å². The fourth-order valence-corrected chi connectivity index (χ4v) is 1.89. The maximum Gasteiger partial charge on any atom is 0.387 e. The lowest BCUT2D eigenvalue weighted by atomic mass is 10.1. The number of halogens is 2. The summed E-state index contributed by atoms with van der Waals surface area (Å²) in [6.07, 6.45) is 2.04. The van der Waals surface area contributed by atoms with Gasteiger partial charge in [-0.3, -0.25) is 4.79 Å². The summed E-state index contributed by atoms with van der Waals surface area (Å²) < 4.78 is 28.2. The number of rotatable bonds is 7. The average Bonchev–Trinajstić information content (AvgIpc) is 3.19. The van der Waals surface area contributed by atoms with Gasteiger partial charge in [0.1, 0.15) is 5.75 Å². The van der Waals surface area contributed by atoms with Crippen molar-refractivity contribution in [2.24, 2.45) is 5.41 Å². The third-order valence-electron chi connectivity index (χ3n) is 3.47. The molecule has 1 aromatic rings. The summed E-state index contributed by atoms with van der Waals surface area (Å²) in [6, 6.07) is 5.97. The molecular weight excluding hydrogens is 268 g/mol. The highest BCUT2D eigenvalue weighted by Crippen LogP contribution is 2.44. The molecule has 0 bridgehead atoms. The van der Waals surface area contributed by atoms with Crippen LogP contribution in [0.2, 0.25) is 0 Å². The Labute approximate surface area is 115 Å². The predicted molar refractivity (Wildman–Crippen MR) is 68.5 cm³/mol. The van der Waals surface area contributed by atoms with Crippen molar-refractivity contribution in [1.29, 1.82) is 0 Å². The number of amides is 1. The molecule has 2 rings (SSSR count). The Kier molecular flexibility index (Phi) is 4.54. The lowest BCUT2D eigenvalue weighted by molar-refractivity contribution is -0.120. The van der Waals surface area contributed by atoms with Crippen molar-refractivity contribution in [2.75, 3.05) is 13.2 Å². The van der Waals surface area contributed by atoms with Gasteiger partial charge in [0.25, 0.3) is 0 Å². The van der Waals surface area contributed by atoms with Gasteiger partial charge in [-0.15, -0.1) is 0 Å². The van der Waals surface area contributed by atoms with E-state index in [1.165, 1.54) is 12.1 Å². The number of carbonyl (C=O) groups is 1. The Morgan fingerprint density at radius 3 is 2.50 bits per heavy atom. The molecule has 0 heterocycles. The lowest BCUT2D eigenvalue weighted by Gasteiger charge is -2.12. The van der Waals surface area contributed by atoms with Crippen molar-refractivity contribution in [2.45, 2.75) is 25.9 Å². The van der Waals surface area contributed by atoms with Crippen LogP contribution >= 0.6 is 0 Å². The van der Waals surface area contributed by atoms with Crippen LogP contribution in [-0.4, -0.2) is 30.8 Å². The molecule has 0 saturated heterocycles. The number of hydrogen-bond acceptors (Lipinski definition) is 3. The molecule has 1 amide bonds. The maximum absolute atomic E-state index is 12.0. The summed E-state index contributed by atoms with van der Waals surface area (Å²) >= 11 is 0. The molecular formula is C14H17F2NO3. The van der Waals surface area contributed by atoms with Crippen molar-refractivity contribution in [3.63, 3.8) is 0 Å². The standard InChI is InChI=1S/C14H17F2NO3/c15-13(16)20-11-3-1-10(2-4-11)7-12(19)17-8-14(9-18)5-6-14/h1-4,13,18H,5-9H2,(H,17,19). The van der Waals surface area contributed by atoms with Crippen molar-refractivity contribution in [1.82, 2.24) is 5.32 Å². The zero-order chi connectivity index (χ0) is 14.6. The van der Waals surface area contributed by atoms with E-state index in [1.54, 1.807) is 12.1 Å². The van der Waals surface area contributed by atoms with Gasteiger partial charge in [0.05, 0.1) is 13.0 Å². The SMILES string of the molecule is O=C(Cc1ccc(OC(F)F)cc1)NCC1(CO)CC1. The molecule has 6 heteroatoms. The second-order valence-electron chi connectivity index (χ2n) is 5.13. The van der Waals surface area contributed by atoms with Gasteiger partial charge in [0, 0.05) is 12.0 Å². The third kappa shape index (κ3) is 4.16. The van der Waals surface area contributed by atoms with Crippen molar-refractivity contribution in [3.8, 4) is 5.75 Å². The highest BCUT2D eigenvalue weighted by atomic mass is 19.3. The second-order valence-corrected chi connectivity index (χ2v) is 5.13. The maximum atomic E-state index is 12.0. The van der Waals surface area contributed by atoms with Crippen LogP contribution in [0.25, 0.3) is 0 Å². The monoisotopic (exact) mass is 285 g/mol. The molecule has 0 aliphatic heterocycles. The van der Waals surface area contributed by atoms with E-state index in [1.807, 2.05) is 0 Å². The van der Waals surface area contributed by atoms with Gasteiger partial charge in [-0.25, -0.2) is 0 Å². The van der Waals surface area contributed by atoms with E-state index in [0.717, 1.165) is 18.4 Å². The quantitative estimate of drug-likeness (QED) is 0.802. The van der Waals surface area contributed by atoms with E-state index < -0.39 is 6.61 Å². The average molecular weight is 285 g/mol. The van der Waals surface area contributed by atoms with E-state index in [-0.39, 0.29) is 30.1 Å². The molecule has 1 aliphatic rings.